The van der Waals surface area contributed by atoms with Gasteiger partial charge in [-0.15, -0.1) is 11.8 Å². The molecule has 0 atom stereocenters. The number of benzene rings is 2. The molecule has 0 N–H and O–H groups in total. The van der Waals surface area contributed by atoms with Gasteiger partial charge >= 0.3 is 0 Å². The average molecular weight is 366 g/mol. The quantitative estimate of drug-likeness (QED) is 0.422. The lowest BCUT2D eigenvalue weighted by Crippen LogP contribution is -2.16. The van der Waals surface area contributed by atoms with Crippen LogP contribution in [0.2, 0.25) is 0 Å². The Bertz CT molecular complexity index is 886. The highest BCUT2D eigenvalue weighted by Crippen LogP contribution is 2.41. The van der Waals surface area contributed by atoms with Crippen LogP contribution < -0.4 is 4.74 Å². The van der Waals surface area contributed by atoms with Crippen LogP contribution in [-0.4, -0.2) is 16.3 Å². The molecule has 0 aliphatic heterocycles. The minimum atomic E-state index is 0.249. The predicted molar refractivity (Wildman–Crippen MR) is 113 cm³/mol. The van der Waals surface area contributed by atoms with Gasteiger partial charge in [-0.25, -0.2) is 0 Å². The Morgan fingerprint density at radius 1 is 0.962 bits per heavy atom. The van der Waals surface area contributed by atoms with E-state index < -0.39 is 0 Å². The van der Waals surface area contributed by atoms with Crippen LogP contribution in [0.15, 0.2) is 59.6 Å². The highest BCUT2D eigenvalue weighted by atomic mass is 32.2. The number of hydrogen-bond donors (Lipinski definition) is 0. The van der Waals surface area contributed by atoms with E-state index in [-0.39, 0.29) is 4.75 Å². The summed E-state index contributed by atoms with van der Waals surface area (Å²) >= 11 is 1.97. The Morgan fingerprint density at radius 3 is 2.46 bits per heavy atom. The fraction of sp³-hybridized carbons (Fsp3) is 0.348. The monoisotopic (exact) mass is 365 g/mol. The summed E-state index contributed by atoms with van der Waals surface area (Å²) in [6.45, 7) is 9.57. The van der Waals surface area contributed by atoms with Crippen molar-refractivity contribution in [2.45, 2.75) is 50.2 Å². The highest BCUT2D eigenvalue weighted by molar-refractivity contribution is 8.00. The second-order valence-corrected chi connectivity index (χ2v) is 8.39. The molecule has 1 heterocycles. The first-order valence-corrected chi connectivity index (χ1v) is 10.2. The number of hydrogen-bond acceptors (Lipinski definition) is 3. The summed E-state index contributed by atoms with van der Waals surface area (Å²) in [7, 11) is 0. The zero-order valence-electron chi connectivity index (χ0n) is 16.1. The standard InChI is InChI=1S/C23H27NOS/c1-5-23(4,6-2)26-22-13-14-24-21-12-11-18(16-20(21)22)17-9-8-10-19(15-17)25-7-3/h8-16H,5-7H2,1-4H3. The molecule has 0 aliphatic rings. The van der Waals surface area contributed by atoms with Gasteiger partial charge in [0.25, 0.3) is 0 Å². The van der Waals surface area contributed by atoms with E-state index in [1.165, 1.54) is 21.4 Å². The number of nitrogens with zero attached hydrogens (tertiary/aromatic N) is 1. The van der Waals surface area contributed by atoms with Gasteiger partial charge in [0, 0.05) is 21.2 Å². The zero-order valence-corrected chi connectivity index (χ0v) is 16.9. The van der Waals surface area contributed by atoms with Crippen molar-refractivity contribution in [1.29, 1.82) is 0 Å². The van der Waals surface area contributed by atoms with Gasteiger partial charge in [0.15, 0.2) is 0 Å². The van der Waals surface area contributed by atoms with Crippen molar-refractivity contribution in [2.75, 3.05) is 6.61 Å². The van der Waals surface area contributed by atoms with Crippen molar-refractivity contribution in [3.05, 3.63) is 54.7 Å². The molecule has 3 heteroatoms. The number of rotatable bonds is 7. The molecule has 0 amide bonds. The molecule has 3 aromatic rings. The molecule has 2 nitrogen and oxygen atoms in total. The number of pyridine rings is 1. The molecule has 0 radical (unpaired) electrons. The Balaban J connectivity index is 2.05. The van der Waals surface area contributed by atoms with Crippen molar-refractivity contribution in [1.82, 2.24) is 4.98 Å². The van der Waals surface area contributed by atoms with Crippen LogP contribution in [0.25, 0.3) is 22.0 Å². The van der Waals surface area contributed by atoms with Gasteiger partial charge in [0.1, 0.15) is 5.75 Å². The molecule has 0 unspecified atom stereocenters. The molecule has 3 rings (SSSR count). The largest absolute Gasteiger partial charge is 0.494 e. The van der Waals surface area contributed by atoms with Crippen LogP contribution in [0.3, 0.4) is 0 Å². The van der Waals surface area contributed by atoms with Gasteiger partial charge in [-0.3, -0.25) is 4.98 Å². The van der Waals surface area contributed by atoms with E-state index in [2.05, 4.69) is 68.2 Å². The predicted octanol–water partition coefficient (Wildman–Crippen LogP) is 6.97. The summed E-state index contributed by atoms with van der Waals surface area (Å²) in [5.41, 5.74) is 3.42. The van der Waals surface area contributed by atoms with E-state index in [0.717, 1.165) is 24.1 Å². The molecule has 26 heavy (non-hydrogen) atoms. The fourth-order valence-electron chi connectivity index (χ4n) is 2.98. The van der Waals surface area contributed by atoms with Crippen molar-refractivity contribution < 1.29 is 4.74 Å². The fourth-order valence-corrected chi connectivity index (χ4v) is 4.20. The van der Waals surface area contributed by atoms with E-state index in [1.807, 2.05) is 30.9 Å². The van der Waals surface area contributed by atoms with Gasteiger partial charge in [-0.1, -0.05) is 39.0 Å². The molecule has 0 saturated heterocycles. The van der Waals surface area contributed by atoms with Gasteiger partial charge in [-0.2, -0.15) is 0 Å². The lowest BCUT2D eigenvalue weighted by molar-refractivity contribution is 0.340. The summed E-state index contributed by atoms with van der Waals surface area (Å²) in [4.78, 5) is 5.88. The molecule has 0 saturated carbocycles. The third kappa shape index (κ3) is 4.04. The summed E-state index contributed by atoms with van der Waals surface area (Å²) in [5.74, 6) is 0.912. The van der Waals surface area contributed by atoms with Gasteiger partial charge in [0.05, 0.1) is 12.1 Å². The van der Waals surface area contributed by atoms with E-state index in [4.69, 9.17) is 4.74 Å². The minimum Gasteiger partial charge on any atom is -0.494 e. The van der Waals surface area contributed by atoms with Gasteiger partial charge < -0.3 is 4.74 Å². The third-order valence-electron chi connectivity index (χ3n) is 5.03. The number of fused-ring (bicyclic) bond motifs is 1. The molecular formula is C23H27NOS. The Morgan fingerprint density at radius 2 is 1.73 bits per heavy atom. The van der Waals surface area contributed by atoms with Crippen LogP contribution in [0.5, 0.6) is 5.75 Å². The summed E-state index contributed by atoms with van der Waals surface area (Å²) in [5, 5.41) is 1.23. The van der Waals surface area contributed by atoms with E-state index >= 15 is 0 Å². The maximum Gasteiger partial charge on any atom is 0.119 e. The SMILES string of the molecule is CCOc1cccc(-c2ccc3nccc(SC(C)(CC)CC)c3c2)c1. The Labute approximate surface area is 161 Å². The maximum absolute atomic E-state index is 5.66. The minimum absolute atomic E-state index is 0.249. The van der Waals surface area contributed by atoms with E-state index in [0.29, 0.717) is 6.61 Å². The average Bonchev–Trinajstić information content (AvgIpc) is 2.68. The first kappa shape index (κ1) is 18.8. The van der Waals surface area contributed by atoms with Crippen LogP contribution in [0.1, 0.15) is 40.5 Å². The molecule has 0 aliphatic carbocycles. The maximum atomic E-state index is 5.66. The number of ether oxygens (including phenoxy) is 1. The van der Waals surface area contributed by atoms with Crippen molar-refractivity contribution in [3.8, 4) is 16.9 Å². The first-order valence-electron chi connectivity index (χ1n) is 9.39. The Kier molecular flexibility index (Phi) is 5.87. The molecule has 2 aromatic carbocycles. The van der Waals surface area contributed by atoms with Crippen LogP contribution in [0, 0.1) is 0 Å². The van der Waals surface area contributed by atoms with Crippen LogP contribution in [-0.2, 0) is 0 Å². The van der Waals surface area contributed by atoms with Crippen LogP contribution >= 0.6 is 11.8 Å². The van der Waals surface area contributed by atoms with E-state index in [1.54, 1.807) is 0 Å². The normalized spacial score (nSPS) is 11.7. The van der Waals surface area contributed by atoms with Crippen molar-refractivity contribution in [3.63, 3.8) is 0 Å². The van der Waals surface area contributed by atoms with Gasteiger partial charge in [0.2, 0.25) is 0 Å². The Hall–Kier alpha value is -2.00. The zero-order chi connectivity index (χ0) is 18.6. The second-order valence-electron chi connectivity index (χ2n) is 6.76. The second kappa shape index (κ2) is 8.13. The van der Waals surface area contributed by atoms with Crippen LogP contribution in [0.4, 0.5) is 0 Å². The molecule has 136 valence electrons. The lowest BCUT2D eigenvalue weighted by atomic mass is 10.0. The first-order chi connectivity index (χ1) is 12.6. The highest BCUT2D eigenvalue weighted by Gasteiger charge is 2.22. The summed E-state index contributed by atoms with van der Waals surface area (Å²) in [6.07, 6.45) is 4.22. The summed E-state index contributed by atoms with van der Waals surface area (Å²) < 4.78 is 5.91. The molecule has 0 spiro atoms. The lowest BCUT2D eigenvalue weighted by Gasteiger charge is -2.26. The summed E-state index contributed by atoms with van der Waals surface area (Å²) in [6, 6.07) is 17.0. The van der Waals surface area contributed by atoms with Crippen molar-refractivity contribution in [2.24, 2.45) is 0 Å². The van der Waals surface area contributed by atoms with E-state index in [9.17, 15) is 0 Å². The number of aromatic nitrogens is 1. The molecular weight excluding hydrogens is 338 g/mol. The molecule has 1 aromatic heterocycles. The third-order valence-corrected chi connectivity index (χ3v) is 6.68. The number of thioether (sulfide) groups is 1. The topological polar surface area (TPSA) is 22.1 Å². The molecule has 0 fully saturated rings. The molecule has 0 bridgehead atoms. The van der Waals surface area contributed by atoms with Crippen molar-refractivity contribution >= 4 is 22.7 Å². The smallest absolute Gasteiger partial charge is 0.119 e. The van der Waals surface area contributed by atoms with Gasteiger partial charge in [-0.05, 0) is 61.2 Å².